The van der Waals surface area contributed by atoms with Gasteiger partial charge in [-0.25, -0.2) is 9.80 Å². The van der Waals surface area contributed by atoms with Gasteiger partial charge in [-0.15, -0.1) is 0 Å². The van der Waals surface area contributed by atoms with Gasteiger partial charge in [0, 0.05) is 28.7 Å². The SMILES string of the molecule is CCC(C)c1cc(C(C)(C)c2ccc(Oc3ccc(N4C(=O)C=C(C)C4=O)cc3)c(C(C)CC)c2)ccc1Oc1ccc(N2C(=O)C=C(C)C2=O)cc1. The van der Waals surface area contributed by atoms with Gasteiger partial charge >= 0.3 is 0 Å². The van der Waals surface area contributed by atoms with Crippen LogP contribution in [-0.2, 0) is 24.6 Å². The average Bonchev–Trinajstić information content (AvgIpc) is 3.56. The highest BCUT2D eigenvalue weighted by Crippen LogP contribution is 2.42. The smallest absolute Gasteiger partial charge is 0.261 e. The Morgan fingerprint density at radius 3 is 1.23 bits per heavy atom. The molecule has 0 N–H and O–H groups in total. The molecule has 0 aliphatic carbocycles. The van der Waals surface area contributed by atoms with Crippen LogP contribution in [0.15, 0.2) is 108 Å². The van der Waals surface area contributed by atoms with Gasteiger partial charge in [0.05, 0.1) is 11.4 Å². The fourth-order valence-electron chi connectivity index (χ4n) is 6.68. The summed E-state index contributed by atoms with van der Waals surface area (Å²) in [5.74, 6) is 1.91. The van der Waals surface area contributed by atoms with Crippen molar-refractivity contribution in [3.63, 3.8) is 0 Å². The van der Waals surface area contributed by atoms with Crippen molar-refractivity contribution < 1.29 is 28.7 Å². The van der Waals surface area contributed by atoms with Gasteiger partial charge in [0.2, 0.25) is 0 Å². The second kappa shape index (κ2) is 14.7. The highest BCUT2D eigenvalue weighted by atomic mass is 16.5. The second-order valence-corrected chi connectivity index (χ2v) is 14.6. The summed E-state index contributed by atoms with van der Waals surface area (Å²) in [6.07, 6.45) is 4.56. The molecular weight excluding hydrogens is 665 g/mol. The van der Waals surface area contributed by atoms with Crippen LogP contribution in [0.3, 0.4) is 0 Å². The Morgan fingerprint density at radius 2 is 0.925 bits per heavy atom. The molecular formula is C45H46N2O6. The maximum absolute atomic E-state index is 12.5. The lowest BCUT2D eigenvalue weighted by Crippen LogP contribution is -2.30. The third-order valence-electron chi connectivity index (χ3n) is 10.6. The largest absolute Gasteiger partial charge is 0.457 e. The van der Waals surface area contributed by atoms with Crippen LogP contribution >= 0.6 is 0 Å². The van der Waals surface area contributed by atoms with Gasteiger partial charge < -0.3 is 9.47 Å². The Kier molecular flexibility index (Phi) is 10.3. The minimum absolute atomic E-state index is 0.230. The summed E-state index contributed by atoms with van der Waals surface area (Å²) >= 11 is 0. The molecule has 8 heteroatoms. The van der Waals surface area contributed by atoms with Gasteiger partial charge in [-0.05, 0) is 121 Å². The Hall–Kier alpha value is -5.76. The van der Waals surface area contributed by atoms with Crippen LogP contribution in [0, 0.1) is 0 Å². The number of anilines is 2. The summed E-state index contributed by atoms with van der Waals surface area (Å²) in [6, 6.07) is 26.8. The standard InChI is InChI=1S/C45H46N2O6/c1-9-27(3)37-25-31(11-21-39(37)52-35-17-13-33(14-18-35)46-41(48)23-29(5)43(46)50)45(7,8)32-12-22-40(38(26-32)28(4)10-2)53-36-19-15-34(16-20-36)47-42(49)24-30(6)44(47)51/h11-28H,9-10H2,1-8H3. The number of carbonyl (C=O) groups excluding carboxylic acids is 4. The summed E-state index contributed by atoms with van der Waals surface area (Å²) in [6.45, 7) is 16.4. The number of hydrogen-bond acceptors (Lipinski definition) is 6. The number of nitrogens with zero attached hydrogens (tertiary/aromatic N) is 2. The molecule has 0 fully saturated rings. The maximum Gasteiger partial charge on any atom is 0.261 e. The fourth-order valence-corrected chi connectivity index (χ4v) is 6.68. The summed E-state index contributed by atoms with van der Waals surface area (Å²) in [4.78, 5) is 52.0. The molecule has 2 aliphatic rings. The number of amides is 4. The van der Waals surface area contributed by atoms with Crippen molar-refractivity contribution in [3.05, 3.63) is 130 Å². The average molecular weight is 711 g/mol. The summed E-state index contributed by atoms with van der Waals surface area (Å²) in [5, 5.41) is 0. The van der Waals surface area contributed by atoms with E-state index in [0.29, 0.717) is 34.0 Å². The summed E-state index contributed by atoms with van der Waals surface area (Å²) in [5.41, 5.74) is 6.00. The second-order valence-electron chi connectivity index (χ2n) is 14.6. The molecule has 2 aliphatic heterocycles. The molecule has 2 heterocycles. The molecule has 2 atom stereocenters. The molecule has 0 saturated heterocycles. The molecule has 2 unspecified atom stereocenters. The number of rotatable bonds is 12. The van der Waals surface area contributed by atoms with Crippen LogP contribution in [0.25, 0.3) is 0 Å². The summed E-state index contributed by atoms with van der Waals surface area (Å²) < 4.78 is 12.9. The zero-order valence-corrected chi connectivity index (χ0v) is 31.7. The van der Waals surface area contributed by atoms with Crippen LogP contribution in [0.2, 0.25) is 0 Å². The molecule has 0 bridgehead atoms. The van der Waals surface area contributed by atoms with Crippen molar-refractivity contribution in [3.8, 4) is 23.0 Å². The van der Waals surface area contributed by atoms with E-state index in [-0.39, 0.29) is 40.9 Å². The zero-order valence-electron chi connectivity index (χ0n) is 31.7. The minimum atomic E-state index is -0.354. The Morgan fingerprint density at radius 1 is 0.566 bits per heavy atom. The number of ether oxygens (including phenoxy) is 2. The van der Waals surface area contributed by atoms with E-state index in [9.17, 15) is 19.2 Å². The van der Waals surface area contributed by atoms with Crippen molar-refractivity contribution in [2.45, 2.75) is 85.5 Å². The van der Waals surface area contributed by atoms with Crippen LogP contribution in [0.5, 0.6) is 23.0 Å². The molecule has 0 radical (unpaired) electrons. The Labute approximate surface area is 311 Å². The van der Waals surface area contributed by atoms with Gasteiger partial charge in [0.1, 0.15) is 23.0 Å². The topological polar surface area (TPSA) is 93.2 Å². The van der Waals surface area contributed by atoms with Gasteiger partial charge in [0.15, 0.2) is 0 Å². The van der Waals surface area contributed by atoms with Gasteiger partial charge in [0.25, 0.3) is 23.6 Å². The molecule has 0 saturated carbocycles. The van der Waals surface area contributed by atoms with Crippen molar-refractivity contribution >= 4 is 35.0 Å². The monoisotopic (exact) mass is 710 g/mol. The Balaban J connectivity index is 1.25. The predicted molar refractivity (Wildman–Crippen MR) is 208 cm³/mol. The van der Waals surface area contributed by atoms with Gasteiger partial charge in [-0.3, -0.25) is 19.2 Å². The lowest BCUT2D eigenvalue weighted by molar-refractivity contribution is -0.121. The van der Waals surface area contributed by atoms with Crippen LogP contribution in [-0.4, -0.2) is 23.6 Å². The fraction of sp³-hybridized carbons (Fsp3) is 0.289. The lowest BCUT2D eigenvalue weighted by atomic mass is 9.75. The van der Waals surface area contributed by atoms with Gasteiger partial charge in [-0.2, -0.15) is 0 Å². The quantitative estimate of drug-likeness (QED) is 0.136. The zero-order chi connectivity index (χ0) is 38.2. The first-order chi connectivity index (χ1) is 25.2. The maximum atomic E-state index is 12.5. The summed E-state index contributed by atoms with van der Waals surface area (Å²) in [7, 11) is 0. The number of carbonyl (C=O) groups is 4. The molecule has 8 nitrogen and oxygen atoms in total. The van der Waals surface area contributed by atoms with E-state index in [1.807, 2.05) is 12.1 Å². The van der Waals surface area contributed by atoms with E-state index >= 15 is 0 Å². The van der Waals surface area contributed by atoms with Crippen molar-refractivity contribution in [1.29, 1.82) is 0 Å². The molecule has 272 valence electrons. The molecule has 6 rings (SSSR count). The van der Waals surface area contributed by atoms with E-state index < -0.39 is 0 Å². The molecule has 4 amide bonds. The number of imide groups is 2. The molecule has 4 aromatic carbocycles. The lowest BCUT2D eigenvalue weighted by Gasteiger charge is -2.30. The highest BCUT2D eigenvalue weighted by Gasteiger charge is 2.31. The van der Waals surface area contributed by atoms with E-state index in [4.69, 9.17) is 9.47 Å². The third-order valence-corrected chi connectivity index (χ3v) is 10.6. The predicted octanol–water partition coefficient (Wildman–Crippen LogP) is 10.3. The first kappa shape index (κ1) is 37.0. The van der Waals surface area contributed by atoms with E-state index in [2.05, 4.69) is 65.8 Å². The first-order valence-electron chi connectivity index (χ1n) is 18.2. The van der Waals surface area contributed by atoms with Crippen LogP contribution in [0.4, 0.5) is 11.4 Å². The number of hydrogen-bond donors (Lipinski definition) is 0. The van der Waals surface area contributed by atoms with Crippen molar-refractivity contribution in [2.75, 3.05) is 9.80 Å². The van der Waals surface area contributed by atoms with E-state index in [0.717, 1.165) is 46.6 Å². The van der Waals surface area contributed by atoms with Gasteiger partial charge in [-0.1, -0.05) is 65.8 Å². The first-order valence-corrected chi connectivity index (χ1v) is 18.2. The van der Waals surface area contributed by atoms with Crippen molar-refractivity contribution in [1.82, 2.24) is 0 Å². The van der Waals surface area contributed by atoms with Crippen LogP contribution in [0.1, 0.15) is 102 Å². The molecule has 4 aromatic rings. The number of benzene rings is 4. The third kappa shape index (κ3) is 7.18. The minimum Gasteiger partial charge on any atom is -0.457 e. The normalized spacial score (nSPS) is 15.8. The highest BCUT2D eigenvalue weighted by molar-refractivity contribution is 6.31. The Bertz CT molecular complexity index is 2010. The molecule has 0 spiro atoms. The van der Waals surface area contributed by atoms with Crippen LogP contribution < -0.4 is 19.3 Å². The molecule has 0 aromatic heterocycles. The van der Waals surface area contributed by atoms with Crippen molar-refractivity contribution in [2.24, 2.45) is 0 Å². The van der Waals surface area contributed by atoms with E-state index in [1.54, 1.807) is 62.4 Å². The van der Waals surface area contributed by atoms with E-state index in [1.165, 1.54) is 22.0 Å². The molecule has 53 heavy (non-hydrogen) atoms.